The highest BCUT2D eigenvalue weighted by atomic mass is 16.5. The van der Waals surface area contributed by atoms with Crippen LogP contribution in [0.15, 0.2) is 35.3 Å². The number of piperidine rings is 1. The SMILES string of the molecule is CCNC(=NCCOc1ccccc1)N1CCC(CC(=O)NC)CC1. The lowest BCUT2D eigenvalue weighted by Crippen LogP contribution is -2.46. The zero-order valence-electron chi connectivity index (χ0n) is 15.3. The van der Waals surface area contributed by atoms with Crippen LogP contribution < -0.4 is 15.4 Å². The van der Waals surface area contributed by atoms with Gasteiger partial charge in [0, 0.05) is 33.1 Å². The van der Waals surface area contributed by atoms with Gasteiger partial charge >= 0.3 is 0 Å². The summed E-state index contributed by atoms with van der Waals surface area (Å²) in [6, 6.07) is 9.80. The predicted octanol–water partition coefficient (Wildman–Crippen LogP) is 1.88. The molecule has 0 unspecified atom stereocenters. The first-order chi connectivity index (χ1) is 12.2. The van der Waals surface area contributed by atoms with Crippen LogP contribution in [-0.4, -0.2) is 56.6 Å². The number of rotatable bonds is 7. The molecular formula is C19H30N4O2. The molecule has 1 aromatic rings. The average molecular weight is 346 g/mol. The van der Waals surface area contributed by atoms with Crippen molar-refractivity contribution in [2.45, 2.75) is 26.2 Å². The van der Waals surface area contributed by atoms with Gasteiger partial charge in [-0.3, -0.25) is 4.79 Å². The highest BCUT2D eigenvalue weighted by Crippen LogP contribution is 2.20. The van der Waals surface area contributed by atoms with Gasteiger partial charge in [-0.15, -0.1) is 0 Å². The van der Waals surface area contributed by atoms with Crippen LogP contribution in [0.4, 0.5) is 0 Å². The quantitative estimate of drug-likeness (QED) is 0.449. The number of nitrogens with one attached hydrogen (secondary N) is 2. The molecule has 6 nitrogen and oxygen atoms in total. The molecule has 0 aromatic heterocycles. The van der Waals surface area contributed by atoms with E-state index in [4.69, 9.17) is 4.74 Å². The van der Waals surface area contributed by atoms with Crippen LogP contribution in [0.5, 0.6) is 5.75 Å². The molecule has 0 atom stereocenters. The zero-order valence-corrected chi connectivity index (χ0v) is 15.3. The minimum Gasteiger partial charge on any atom is -0.492 e. The van der Waals surface area contributed by atoms with Crippen LogP contribution in [-0.2, 0) is 4.79 Å². The van der Waals surface area contributed by atoms with Crippen LogP contribution in [0.25, 0.3) is 0 Å². The number of carbonyl (C=O) groups is 1. The number of likely N-dealkylation sites (tertiary alicyclic amines) is 1. The van der Waals surface area contributed by atoms with Gasteiger partial charge in [-0.05, 0) is 37.8 Å². The van der Waals surface area contributed by atoms with E-state index in [1.54, 1.807) is 7.05 Å². The van der Waals surface area contributed by atoms with E-state index in [0.717, 1.165) is 44.2 Å². The van der Waals surface area contributed by atoms with E-state index in [9.17, 15) is 4.79 Å². The maximum atomic E-state index is 11.5. The number of hydrogen-bond donors (Lipinski definition) is 2. The molecule has 1 aliphatic rings. The van der Waals surface area contributed by atoms with Crippen molar-refractivity contribution in [3.8, 4) is 5.75 Å². The summed E-state index contributed by atoms with van der Waals surface area (Å²) in [4.78, 5) is 18.5. The molecule has 0 bridgehead atoms. The highest BCUT2D eigenvalue weighted by Gasteiger charge is 2.22. The Morgan fingerprint density at radius 3 is 2.64 bits per heavy atom. The van der Waals surface area contributed by atoms with Crippen LogP contribution in [0.3, 0.4) is 0 Å². The van der Waals surface area contributed by atoms with Gasteiger partial charge in [0.05, 0.1) is 6.54 Å². The molecule has 2 N–H and O–H groups in total. The van der Waals surface area contributed by atoms with Gasteiger partial charge < -0.3 is 20.3 Å². The zero-order chi connectivity index (χ0) is 17.9. The van der Waals surface area contributed by atoms with Crippen LogP contribution in [0, 0.1) is 5.92 Å². The van der Waals surface area contributed by atoms with Crippen LogP contribution in [0.1, 0.15) is 26.2 Å². The van der Waals surface area contributed by atoms with Crippen molar-refractivity contribution in [1.82, 2.24) is 15.5 Å². The molecule has 0 aliphatic carbocycles. The number of amides is 1. The minimum absolute atomic E-state index is 0.136. The maximum Gasteiger partial charge on any atom is 0.220 e. The van der Waals surface area contributed by atoms with Crippen molar-refractivity contribution in [2.75, 3.05) is 39.8 Å². The third-order valence-electron chi connectivity index (χ3n) is 4.37. The van der Waals surface area contributed by atoms with Crippen LogP contribution >= 0.6 is 0 Å². The second kappa shape index (κ2) is 10.6. The lowest BCUT2D eigenvalue weighted by molar-refractivity contribution is -0.121. The lowest BCUT2D eigenvalue weighted by Gasteiger charge is -2.34. The summed E-state index contributed by atoms with van der Waals surface area (Å²) in [6.07, 6.45) is 2.68. The Hall–Kier alpha value is -2.24. The fourth-order valence-corrected chi connectivity index (χ4v) is 2.97. The molecular weight excluding hydrogens is 316 g/mol. The molecule has 138 valence electrons. The van der Waals surface area contributed by atoms with Gasteiger partial charge in [0.1, 0.15) is 12.4 Å². The van der Waals surface area contributed by atoms with Crippen molar-refractivity contribution < 1.29 is 9.53 Å². The van der Waals surface area contributed by atoms with E-state index >= 15 is 0 Å². The Morgan fingerprint density at radius 2 is 2.00 bits per heavy atom. The Balaban J connectivity index is 1.78. The molecule has 25 heavy (non-hydrogen) atoms. The Bertz CT molecular complexity index is 540. The van der Waals surface area contributed by atoms with Gasteiger partial charge in [0.25, 0.3) is 0 Å². The van der Waals surface area contributed by atoms with Gasteiger partial charge in [-0.25, -0.2) is 4.99 Å². The van der Waals surface area contributed by atoms with Crippen LogP contribution in [0.2, 0.25) is 0 Å². The van der Waals surface area contributed by atoms with E-state index in [1.807, 2.05) is 30.3 Å². The van der Waals surface area contributed by atoms with E-state index in [2.05, 4.69) is 27.4 Å². The standard InChI is InChI=1S/C19H30N4O2/c1-3-21-19(22-11-14-25-17-7-5-4-6-8-17)23-12-9-16(10-13-23)15-18(24)20-2/h4-8,16H,3,9-15H2,1-2H3,(H,20,24)(H,21,22). The second-order valence-electron chi connectivity index (χ2n) is 6.20. The first-order valence-electron chi connectivity index (χ1n) is 9.14. The summed E-state index contributed by atoms with van der Waals surface area (Å²) in [7, 11) is 1.70. The molecule has 1 amide bonds. The van der Waals surface area contributed by atoms with Crippen molar-refractivity contribution in [2.24, 2.45) is 10.9 Å². The first-order valence-corrected chi connectivity index (χ1v) is 9.14. The fraction of sp³-hybridized carbons (Fsp3) is 0.579. The normalized spacial score (nSPS) is 15.8. The second-order valence-corrected chi connectivity index (χ2v) is 6.20. The average Bonchev–Trinajstić information content (AvgIpc) is 2.65. The molecule has 1 aromatic carbocycles. The Morgan fingerprint density at radius 1 is 1.28 bits per heavy atom. The topological polar surface area (TPSA) is 66.0 Å². The van der Waals surface area contributed by atoms with Gasteiger partial charge in [0.15, 0.2) is 5.96 Å². The molecule has 0 saturated carbocycles. The summed E-state index contributed by atoms with van der Waals surface area (Å²) >= 11 is 0. The molecule has 1 aliphatic heterocycles. The number of carbonyl (C=O) groups excluding carboxylic acids is 1. The molecule has 1 saturated heterocycles. The van der Waals surface area contributed by atoms with E-state index < -0.39 is 0 Å². The third kappa shape index (κ3) is 6.64. The summed E-state index contributed by atoms with van der Waals surface area (Å²) in [5.41, 5.74) is 0. The van der Waals surface area contributed by atoms with E-state index in [0.29, 0.717) is 25.5 Å². The van der Waals surface area contributed by atoms with Crippen molar-refractivity contribution >= 4 is 11.9 Å². The molecule has 6 heteroatoms. The number of ether oxygens (including phenoxy) is 1. The monoisotopic (exact) mass is 346 g/mol. The van der Waals surface area contributed by atoms with Crippen molar-refractivity contribution in [1.29, 1.82) is 0 Å². The molecule has 1 heterocycles. The molecule has 1 fully saturated rings. The number of hydrogen-bond acceptors (Lipinski definition) is 3. The van der Waals surface area contributed by atoms with Crippen molar-refractivity contribution in [3.63, 3.8) is 0 Å². The number of para-hydroxylation sites is 1. The minimum atomic E-state index is 0.136. The molecule has 0 radical (unpaired) electrons. The smallest absolute Gasteiger partial charge is 0.220 e. The summed E-state index contributed by atoms with van der Waals surface area (Å²) in [5.74, 6) is 2.42. The van der Waals surface area contributed by atoms with E-state index in [-0.39, 0.29) is 5.91 Å². The summed E-state index contributed by atoms with van der Waals surface area (Å²) in [6.45, 7) is 5.98. The van der Waals surface area contributed by atoms with E-state index in [1.165, 1.54) is 0 Å². The summed E-state index contributed by atoms with van der Waals surface area (Å²) < 4.78 is 5.70. The Kier molecular flexibility index (Phi) is 8.09. The predicted molar refractivity (Wildman–Crippen MR) is 101 cm³/mol. The molecule has 0 spiro atoms. The maximum absolute atomic E-state index is 11.5. The fourth-order valence-electron chi connectivity index (χ4n) is 2.97. The van der Waals surface area contributed by atoms with Gasteiger partial charge in [-0.2, -0.15) is 0 Å². The largest absolute Gasteiger partial charge is 0.492 e. The third-order valence-corrected chi connectivity index (χ3v) is 4.37. The van der Waals surface area contributed by atoms with Gasteiger partial charge in [-0.1, -0.05) is 18.2 Å². The number of benzene rings is 1. The lowest BCUT2D eigenvalue weighted by atomic mass is 9.93. The Labute approximate surface area is 150 Å². The highest BCUT2D eigenvalue weighted by molar-refractivity contribution is 5.80. The molecule has 2 rings (SSSR count). The first kappa shape index (κ1) is 19.1. The number of nitrogens with zero attached hydrogens (tertiary/aromatic N) is 2. The number of aliphatic imine (C=N–C) groups is 1. The summed E-state index contributed by atoms with van der Waals surface area (Å²) in [5, 5.41) is 6.07. The van der Waals surface area contributed by atoms with Crippen molar-refractivity contribution in [3.05, 3.63) is 30.3 Å². The van der Waals surface area contributed by atoms with Gasteiger partial charge in [0.2, 0.25) is 5.91 Å². The number of guanidine groups is 1.